The highest BCUT2D eigenvalue weighted by molar-refractivity contribution is 6.04. The van der Waals surface area contributed by atoms with Gasteiger partial charge in [0.1, 0.15) is 6.04 Å². The molecule has 1 fully saturated rings. The molecular weight excluding hydrogens is 416 g/mol. The average molecular weight is 443 g/mol. The molecule has 168 valence electrons. The molecule has 1 saturated heterocycles. The fraction of sp³-hybridized carbons (Fsp3) is 0.192. The molecule has 3 aromatic carbocycles. The number of carbonyl (C=O) groups excluding carboxylic acids is 3. The van der Waals surface area contributed by atoms with Gasteiger partial charge in [-0.3, -0.25) is 14.4 Å². The molecule has 0 bridgehead atoms. The molecule has 4 N–H and O–H groups in total. The van der Waals surface area contributed by atoms with Crippen LogP contribution < -0.4 is 16.4 Å². The van der Waals surface area contributed by atoms with Gasteiger partial charge in [0.25, 0.3) is 5.91 Å². The van der Waals surface area contributed by atoms with Crippen LogP contribution in [0.2, 0.25) is 0 Å². The summed E-state index contributed by atoms with van der Waals surface area (Å²) in [5.41, 5.74) is 8.89. The molecule has 1 atom stereocenters. The highest BCUT2D eigenvalue weighted by Crippen LogP contribution is 2.22. The van der Waals surface area contributed by atoms with E-state index < -0.39 is 6.04 Å². The third-order valence-corrected chi connectivity index (χ3v) is 5.66. The lowest BCUT2D eigenvalue weighted by Crippen LogP contribution is -2.43. The Morgan fingerprint density at radius 3 is 2.15 bits per heavy atom. The van der Waals surface area contributed by atoms with Crippen molar-refractivity contribution in [1.29, 1.82) is 0 Å². The van der Waals surface area contributed by atoms with Crippen LogP contribution in [0.25, 0.3) is 0 Å². The number of nitrogen functional groups attached to an aromatic ring is 1. The van der Waals surface area contributed by atoms with E-state index in [1.165, 1.54) is 0 Å². The van der Waals surface area contributed by atoms with E-state index in [-0.39, 0.29) is 24.1 Å². The Balaban J connectivity index is 1.34. The summed E-state index contributed by atoms with van der Waals surface area (Å²) < 4.78 is 0. The molecule has 0 spiro atoms. The van der Waals surface area contributed by atoms with Crippen molar-refractivity contribution in [2.45, 2.75) is 25.3 Å². The predicted octanol–water partition coefficient (Wildman–Crippen LogP) is 3.69. The number of hydrogen-bond acceptors (Lipinski definition) is 4. The van der Waals surface area contributed by atoms with Gasteiger partial charge in [-0.1, -0.05) is 30.3 Å². The molecule has 0 saturated carbocycles. The summed E-state index contributed by atoms with van der Waals surface area (Å²) in [6, 6.07) is 22.6. The number of amides is 3. The van der Waals surface area contributed by atoms with Crippen LogP contribution >= 0.6 is 0 Å². The van der Waals surface area contributed by atoms with Gasteiger partial charge >= 0.3 is 0 Å². The van der Waals surface area contributed by atoms with E-state index in [0.717, 1.165) is 12.0 Å². The number of nitrogens with one attached hydrogen (secondary N) is 2. The van der Waals surface area contributed by atoms with E-state index in [1.54, 1.807) is 53.4 Å². The van der Waals surface area contributed by atoms with Gasteiger partial charge in [-0.05, 0) is 66.9 Å². The summed E-state index contributed by atoms with van der Waals surface area (Å²) in [7, 11) is 0. The Morgan fingerprint density at radius 2 is 1.48 bits per heavy atom. The maximum Gasteiger partial charge on any atom is 0.255 e. The Hall–Kier alpha value is -4.13. The minimum absolute atomic E-state index is 0.0421. The lowest BCUT2D eigenvalue weighted by Gasteiger charge is -2.24. The Bertz CT molecular complexity index is 1130. The third-order valence-electron chi connectivity index (χ3n) is 5.66. The van der Waals surface area contributed by atoms with E-state index in [0.29, 0.717) is 35.6 Å². The number of benzene rings is 3. The number of carbonyl (C=O) groups is 3. The molecule has 7 heteroatoms. The quantitative estimate of drug-likeness (QED) is 0.506. The van der Waals surface area contributed by atoms with Gasteiger partial charge in [0.2, 0.25) is 11.8 Å². The summed E-state index contributed by atoms with van der Waals surface area (Å²) in [6.07, 6.45) is 1.73. The molecule has 0 radical (unpaired) electrons. The molecule has 0 aromatic heterocycles. The van der Waals surface area contributed by atoms with Crippen LogP contribution in [-0.2, 0) is 16.0 Å². The molecule has 1 heterocycles. The van der Waals surface area contributed by atoms with Crippen molar-refractivity contribution < 1.29 is 14.4 Å². The number of rotatable bonds is 6. The molecule has 33 heavy (non-hydrogen) atoms. The van der Waals surface area contributed by atoms with E-state index in [4.69, 9.17) is 5.73 Å². The van der Waals surface area contributed by atoms with Crippen LogP contribution in [0.5, 0.6) is 0 Å². The maximum absolute atomic E-state index is 12.9. The maximum atomic E-state index is 12.9. The van der Waals surface area contributed by atoms with Crippen LogP contribution in [0.1, 0.15) is 28.8 Å². The van der Waals surface area contributed by atoms with Gasteiger partial charge in [-0.15, -0.1) is 0 Å². The van der Waals surface area contributed by atoms with Gasteiger partial charge in [0.15, 0.2) is 0 Å². The van der Waals surface area contributed by atoms with Gasteiger partial charge < -0.3 is 21.3 Å². The fourth-order valence-corrected chi connectivity index (χ4v) is 3.91. The monoisotopic (exact) mass is 442 g/mol. The molecule has 1 aliphatic heterocycles. The van der Waals surface area contributed by atoms with Crippen LogP contribution in [0.4, 0.5) is 17.1 Å². The molecule has 7 nitrogen and oxygen atoms in total. The van der Waals surface area contributed by atoms with E-state index in [2.05, 4.69) is 10.6 Å². The standard InChI is InChI=1S/C26H26N4O3/c27-20-10-8-19(9-11-20)25(32)28-21-12-14-22(15-13-21)29-26(33)23-7-4-16-30(23)24(31)17-18-5-2-1-3-6-18/h1-3,5-6,8-15,23H,4,7,16-17,27H2,(H,28,32)(H,29,33)/t23-/m0/s1. The average Bonchev–Trinajstić information content (AvgIpc) is 3.32. The van der Waals surface area contributed by atoms with Gasteiger partial charge in [-0.25, -0.2) is 0 Å². The molecule has 4 rings (SSSR count). The summed E-state index contributed by atoms with van der Waals surface area (Å²) in [5, 5.41) is 5.70. The lowest BCUT2D eigenvalue weighted by atomic mass is 10.1. The minimum Gasteiger partial charge on any atom is -0.399 e. The van der Waals surface area contributed by atoms with Crippen molar-refractivity contribution in [2.24, 2.45) is 0 Å². The smallest absolute Gasteiger partial charge is 0.255 e. The Kier molecular flexibility index (Phi) is 6.69. The predicted molar refractivity (Wildman–Crippen MR) is 129 cm³/mol. The zero-order chi connectivity index (χ0) is 23.2. The SMILES string of the molecule is Nc1ccc(C(=O)Nc2ccc(NC(=O)[C@@H]3CCCN3C(=O)Cc3ccccc3)cc2)cc1. The highest BCUT2D eigenvalue weighted by atomic mass is 16.2. The molecule has 3 amide bonds. The van der Waals surface area contributed by atoms with Crippen molar-refractivity contribution in [2.75, 3.05) is 22.9 Å². The van der Waals surface area contributed by atoms with Crippen molar-refractivity contribution in [1.82, 2.24) is 4.90 Å². The number of anilines is 3. The van der Waals surface area contributed by atoms with Gasteiger partial charge in [0.05, 0.1) is 6.42 Å². The number of hydrogen-bond donors (Lipinski definition) is 3. The van der Waals surface area contributed by atoms with Crippen molar-refractivity contribution in [3.05, 3.63) is 90.0 Å². The first kappa shape index (κ1) is 22.1. The molecular formula is C26H26N4O3. The number of nitrogens with zero attached hydrogens (tertiary/aromatic N) is 1. The second-order valence-corrected chi connectivity index (χ2v) is 8.05. The summed E-state index contributed by atoms with van der Waals surface area (Å²) in [5.74, 6) is -0.488. The minimum atomic E-state index is -0.480. The number of nitrogens with two attached hydrogens (primary N) is 1. The molecule has 1 aliphatic rings. The first-order valence-corrected chi connectivity index (χ1v) is 10.9. The topological polar surface area (TPSA) is 105 Å². The van der Waals surface area contributed by atoms with Crippen LogP contribution in [0.15, 0.2) is 78.9 Å². The van der Waals surface area contributed by atoms with Crippen LogP contribution in [0.3, 0.4) is 0 Å². The van der Waals surface area contributed by atoms with Crippen molar-refractivity contribution >= 4 is 34.8 Å². The Labute approximate surface area is 192 Å². The lowest BCUT2D eigenvalue weighted by molar-refractivity contribution is -0.136. The normalized spacial score (nSPS) is 15.2. The van der Waals surface area contributed by atoms with Crippen molar-refractivity contribution in [3.8, 4) is 0 Å². The zero-order valence-electron chi connectivity index (χ0n) is 18.2. The van der Waals surface area contributed by atoms with E-state index in [9.17, 15) is 14.4 Å². The van der Waals surface area contributed by atoms with Crippen LogP contribution in [-0.4, -0.2) is 35.2 Å². The largest absolute Gasteiger partial charge is 0.399 e. The first-order valence-electron chi connectivity index (χ1n) is 10.9. The summed E-state index contributed by atoms with van der Waals surface area (Å²) in [6.45, 7) is 0.583. The molecule has 3 aromatic rings. The number of likely N-dealkylation sites (tertiary alicyclic amines) is 1. The third kappa shape index (κ3) is 5.57. The second-order valence-electron chi connectivity index (χ2n) is 8.05. The van der Waals surface area contributed by atoms with Crippen LogP contribution in [0, 0.1) is 0 Å². The second kappa shape index (κ2) is 9.99. The van der Waals surface area contributed by atoms with Crippen molar-refractivity contribution in [3.63, 3.8) is 0 Å². The zero-order valence-corrected chi connectivity index (χ0v) is 18.2. The van der Waals surface area contributed by atoms with E-state index >= 15 is 0 Å². The summed E-state index contributed by atoms with van der Waals surface area (Å²) >= 11 is 0. The first-order chi connectivity index (χ1) is 16.0. The molecule has 0 unspecified atom stereocenters. The van der Waals surface area contributed by atoms with Gasteiger partial charge in [-0.2, -0.15) is 0 Å². The van der Waals surface area contributed by atoms with E-state index in [1.807, 2.05) is 30.3 Å². The summed E-state index contributed by atoms with van der Waals surface area (Å²) in [4.78, 5) is 39.6. The highest BCUT2D eigenvalue weighted by Gasteiger charge is 2.33. The van der Waals surface area contributed by atoms with Gasteiger partial charge in [0, 0.05) is 29.2 Å². The molecule has 0 aliphatic carbocycles. The Morgan fingerprint density at radius 1 is 0.848 bits per heavy atom. The fourth-order valence-electron chi connectivity index (χ4n) is 3.91.